The Morgan fingerprint density at radius 1 is 1.02 bits per heavy atom. The number of anilines is 2. The molecular formula is C30H32F3N5O4S. The van der Waals surface area contributed by atoms with E-state index >= 15 is 0 Å². The summed E-state index contributed by atoms with van der Waals surface area (Å²) in [7, 11) is 1.68. The summed E-state index contributed by atoms with van der Waals surface area (Å²) in [4.78, 5) is 32.3. The van der Waals surface area contributed by atoms with Gasteiger partial charge in [0.05, 0.1) is 13.7 Å². The third kappa shape index (κ3) is 11.3. The Hall–Kier alpha value is -4.65. The van der Waals surface area contributed by atoms with Crippen molar-refractivity contribution >= 4 is 35.0 Å². The van der Waals surface area contributed by atoms with E-state index in [4.69, 9.17) is 14.6 Å². The second-order valence-corrected chi connectivity index (χ2v) is 10.2. The number of ether oxygens (including phenoxy) is 1. The smallest absolute Gasteiger partial charge is 0.490 e. The summed E-state index contributed by atoms with van der Waals surface area (Å²) in [6.07, 6.45) is -3.78. The first-order valence-electron chi connectivity index (χ1n) is 13.2. The van der Waals surface area contributed by atoms with E-state index < -0.39 is 18.2 Å². The Kier molecular flexibility index (Phi) is 12.3. The van der Waals surface area contributed by atoms with Gasteiger partial charge in [-0.25, -0.2) is 9.78 Å². The summed E-state index contributed by atoms with van der Waals surface area (Å²) in [6.45, 7) is 3.07. The predicted molar refractivity (Wildman–Crippen MR) is 159 cm³/mol. The molecule has 0 fully saturated rings. The van der Waals surface area contributed by atoms with Crippen LogP contribution >= 0.6 is 11.3 Å². The molecule has 4 rings (SSSR count). The molecule has 4 N–H and O–H groups in total. The lowest BCUT2D eigenvalue weighted by Gasteiger charge is -2.20. The Labute approximate surface area is 251 Å². The number of aliphatic carboxylic acids is 1. The minimum Gasteiger partial charge on any atom is -0.496 e. The van der Waals surface area contributed by atoms with E-state index in [-0.39, 0.29) is 5.91 Å². The Bertz CT molecular complexity index is 1450. The molecule has 43 heavy (non-hydrogen) atoms. The van der Waals surface area contributed by atoms with Crippen molar-refractivity contribution in [3.05, 3.63) is 99.9 Å². The quantitative estimate of drug-likeness (QED) is 0.165. The molecule has 13 heteroatoms. The van der Waals surface area contributed by atoms with Crippen LogP contribution in [-0.4, -0.2) is 52.8 Å². The van der Waals surface area contributed by atoms with Crippen LogP contribution < -0.4 is 20.7 Å². The number of nitrogens with one attached hydrogen (secondary N) is 3. The van der Waals surface area contributed by atoms with Gasteiger partial charge in [-0.3, -0.25) is 4.79 Å². The molecule has 228 valence electrons. The van der Waals surface area contributed by atoms with Gasteiger partial charge in [0.2, 0.25) is 11.9 Å². The minimum atomic E-state index is -5.08. The van der Waals surface area contributed by atoms with Gasteiger partial charge < -0.3 is 25.8 Å². The SMILES string of the molecule is COc1ccccc1CCNc1nc(C)cc(N[C@@H](Cc2ccccc2)C(=O)NCc2cccs2)n1.O=C(O)C(F)(F)F. The molecule has 0 radical (unpaired) electrons. The molecular weight excluding hydrogens is 583 g/mol. The number of carbonyl (C=O) groups excluding carboxylic acids is 1. The van der Waals surface area contributed by atoms with E-state index in [1.54, 1.807) is 18.4 Å². The highest BCUT2D eigenvalue weighted by molar-refractivity contribution is 7.09. The lowest BCUT2D eigenvalue weighted by molar-refractivity contribution is -0.192. The molecule has 0 saturated carbocycles. The third-order valence-electron chi connectivity index (χ3n) is 5.90. The molecule has 2 heterocycles. The summed E-state index contributed by atoms with van der Waals surface area (Å²) >= 11 is 1.62. The van der Waals surface area contributed by atoms with E-state index in [9.17, 15) is 18.0 Å². The first-order valence-corrected chi connectivity index (χ1v) is 14.0. The number of amides is 1. The average molecular weight is 616 g/mol. The number of halogens is 3. The highest BCUT2D eigenvalue weighted by atomic mass is 32.1. The first kappa shape index (κ1) is 32.9. The Morgan fingerprint density at radius 2 is 1.72 bits per heavy atom. The molecule has 0 unspecified atom stereocenters. The molecule has 1 amide bonds. The monoisotopic (exact) mass is 615 g/mol. The highest BCUT2D eigenvalue weighted by Gasteiger charge is 2.38. The van der Waals surface area contributed by atoms with Crippen molar-refractivity contribution in [2.24, 2.45) is 0 Å². The molecule has 0 aliphatic heterocycles. The van der Waals surface area contributed by atoms with E-state index in [1.165, 1.54) is 0 Å². The van der Waals surface area contributed by atoms with Gasteiger partial charge >= 0.3 is 12.1 Å². The molecule has 0 aliphatic carbocycles. The van der Waals surface area contributed by atoms with Gasteiger partial charge in [-0.1, -0.05) is 54.6 Å². The molecule has 0 bridgehead atoms. The highest BCUT2D eigenvalue weighted by Crippen LogP contribution is 2.19. The maximum atomic E-state index is 13.2. The van der Waals surface area contributed by atoms with Gasteiger partial charge in [-0.2, -0.15) is 18.2 Å². The molecule has 0 saturated heterocycles. The number of methoxy groups -OCH3 is 1. The van der Waals surface area contributed by atoms with Crippen molar-refractivity contribution in [3.8, 4) is 5.75 Å². The second kappa shape index (κ2) is 16.1. The zero-order valence-electron chi connectivity index (χ0n) is 23.5. The molecule has 0 aliphatic rings. The number of alkyl halides is 3. The molecule has 4 aromatic rings. The molecule has 2 aromatic carbocycles. The van der Waals surface area contributed by atoms with Crippen LogP contribution in [0.5, 0.6) is 5.75 Å². The van der Waals surface area contributed by atoms with Gasteiger partial charge in [0.1, 0.15) is 17.6 Å². The van der Waals surface area contributed by atoms with Crippen molar-refractivity contribution in [2.75, 3.05) is 24.3 Å². The molecule has 2 aromatic heterocycles. The molecule has 1 atom stereocenters. The minimum absolute atomic E-state index is 0.0748. The number of carboxylic acid groups (broad SMARTS) is 1. The van der Waals surface area contributed by atoms with Crippen LogP contribution in [0.3, 0.4) is 0 Å². The predicted octanol–water partition coefficient (Wildman–Crippen LogP) is 5.48. The lowest BCUT2D eigenvalue weighted by Crippen LogP contribution is -2.41. The van der Waals surface area contributed by atoms with E-state index in [0.29, 0.717) is 31.3 Å². The topological polar surface area (TPSA) is 125 Å². The summed E-state index contributed by atoms with van der Waals surface area (Å²) in [5.74, 6) is -0.842. The molecule has 9 nitrogen and oxygen atoms in total. The maximum absolute atomic E-state index is 13.2. The number of carboxylic acids is 1. The number of carbonyl (C=O) groups is 2. The summed E-state index contributed by atoms with van der Waals surface area (Å²) in [6, 6.07) is 23.3. The zero-order chi connectivity index (χ0) is 31.2. The zero-order valence-corrected chi connectivity index (χ0v) is 24.3. The van der Waals surface area contributed by atoms with Crippen molar-refractivity contribution in [3.63, 3.8) is 0 Å². The third-order valence-corrected chi connectivity index (χ3v) is 6.78. The Morgan fingerprint density at radius 3 is 2.37 bits per heavy atom. The number of hydrogen-bond donors (Lipinski definition) is 4. The van der Waals surface area contributed by atoms with Gasteiger partial charge in [0.15, 0.2) is 0 Å². The van der Waals surface area contributed by atoms with E-state index in [0.717, 1.165) is 33.9 Å². The number of para-hydroxylation sites is 1. The second-order valence-electron chi connectivity index (χ2n) is 9.19. The number of rotatable bonds is 12. The fourth-order valence-electron chi connectivity index (χ4n) is 3.89. The molecule has 0 spiro atoms. The van der Waals surface area contributed by atoms with Crippen LogP contribution in [0.1, 0.15) is 21.7 Å². The van der Waals surface area contributed by atoms with Crippen molar-refractivity contribution in [1.82, 2.24) is 15.3 Å². The van der Waals surface area contributed by atoms with Crippen LogP contribution in [-0.2, 0) is 29.0 Å². The Balaban J connectivity index is 0.000000646. The number of hydrogen-bond acceptors (Lipinski definition) is 8. The maximum Gasteiger partial charge on any atom is 0.490 e. The summed E-state index contributed by atoms with van der Waals surface area (Å²) in [5.41, 5.74) is 3.00. The van der Waals surface area contributed by atoms with E-state index in [2.05, 4.69) is 25.9 Å². The fourth-order valence-corrected chi connectivity index (χ4v) is 4.53. The van der Waals surface area contributed by atoms with Crippen molar-refractivity contribution < 1.29 is 32.6 Å². The standard InChI is InChI=1S/C28H31N5O2S.C2HF3O2/c1-20-17-26(33-28(31-20)29-15-14-22-11-6-7-13-25(22)35-2)32-24(18-21-9-4-3-5-10-21)27(34)30-19-23-12-8-16-36-23;3-2(4,5)1(6)7/h3-13,16-17,24H,14-15,18-19H2,1-2H3,(H,30,34)(H2,29,31,32,33);(H,6,7)/t24-;/m0./s1. The number of benzene rings is 2. The normalized spacial score (nSPS) is 11.5. The van der Waals surface area contributed by atoms with Crippen LogP contribution in [0.15, 0.2) is 78.2 Å². The largest absolute Gasteiger partial charge is 0.496 e. The number of aryl methyl sites for hydroxylation is 1. The number of aromatic nitrogens is 2. The van der Waals surface area contributed by atoms with Gasteiger partial charge in [0, 0.05) is 29.6 Å². The van der Waals surface area contributed by atoms with E-state index in [1.807, 2.05) is 85.1 Å². The summed E-state index contributed by atoms with van der Waals surface area (Å²) < 4.78 is 37.2. The summed E-state index contributed by atoms with van der Waals surface area (Å²) in [5, 5.41) is 18.8. The van der Waals surface area contributed by atoms with Gasteiger partial charge in [0.25, 0.3) is 0 Å². The number of nitrogens with zero attached hydrogens (tertiary/aromatic N) is 2. The fraction of sp³-hybridized carbons (Fsp3) is 0.267. The van der Waals surface area contributed by atoms with Gasteiger partial charge in [-0.05, 0) is 42.0 Å². The van der Waals surface area contributed by atoms with Crippen molar-refractivity contribution in [1.29, 1.82) is 0 Å². The van der Waals surface area contributed by atoms with Crippen LogP contribution in [0, 0.1) is 6.92 Å². The van der Waals surface area contributed by atoms with Crippen LogP contribution in [0.4, 0.5) is 24.9 Å². The van der Waals surface area contributed by atoms with Crippen LogP contribution in [0.2, 0.25) is 0 Å². The average Bonchev–Trinajstić information content (AvgIpc) is 3.50. The lowest BCUT2D eigenvalue weighted by atomic mass is 10.1. The van der Waals surface area contributed by atoms with Crippen LogP contribution in [0.25, 0.3) is 0 Å². The van der Waals surface area contributed by atoms with Crippen molar-refractivity contribution in [2.45, 2.75) is 38.5 Å². The van der Waals surface area contributed by atoms with Gasteiger partial charge in [-0.15, -0.1) is 11.3 Å². The first-order chi connectivity index (χ1) is 20.5. The number of thiophene rings is 1.